The molecule has 1 aliphatic heterocycles. The molecule has 1 aliphatic rings. The molecule has 1 fully saturated rings. The van der Waals surface area contributed by atoms with Crippen molar-refractivity contribution in [1.29, 1.82) is 0 Å². The van der Waals surface area contributed by atoms with Gasteiger partial charge in [0.15, 0.2) is 0 Å². The van der Waals surface area contributed by atoms with E-state index in [1.165, 1.54) is 5.56 Å². The van der Waals surface area contributed by atoms with Crippen molar-refractivity contribution in [3.8, 4) is 11.5 Å². The summed E-state index contributed by atoms with van der Waals surface area (Å²) in [6.07, 6.45) is 1.14. The minimum atomic E-state index is 0.109. The van der Waals surface area contributed by atoms with Crippen molar-refractivity contribution in [3.05, 3.63) is 59.7 Å². The van der Waals surface area contributed by atoms with Gasteiger partial charge in [-0.3, -0.25) is 4.79 Å². The van der Waals surface area contributed by atoms with Gasteiger partial charge in [-0.15, -0.1) is 0 Å². The zero-order chi connectivity index (χ0) is 19.2. The summed E-state index contributed by atoms with van der Waals surface area (Å²) in [6.45, 7) is 2.53. The maximum Gasteiger partial charge on any atom is 0.223 e. The summed E-state index contributed by atoms with van der Waals surface area (Å²) in [7, 11) is 5.39. The van der Waals surface area contributed by atoms with Crippen LogP contribution in [0.3, 0.4) is 0 Å². The molecule has 1 saturated heterocycles. The van der Waals surface area contributed by atoms with E-state index < -0.39 is 0 Å². The number of rotatable bonds is 6. The molecule has 1 atom stereocenters. The Balaban J connectivity index is 1.71. The summed E-state index contributed by atoms with van der Waals surface area (Å²) in [6, 6.07) is 16.2. The number of likely N-dealkylation sites (N-methyl/N-ethyl adjacent to an activating group) is 1. The van der Waals surface area contributed by atoms with E-state index in [1.54, 1.807) is 14.2 Å². The molecule has 0 saturated carbocycles. The molecule has 1 heterocycles. The van der Waals surface area contributed by atoms with Crippen molar-refractivity contribution in [1.82, 2.24) is 9.80 Å². The van der Waals surface area contributed by atoms with E-state index in [0.717, 1.165) is 36.7 Å². The zero-order valence-corrected chi connectivity index (χ0v) is 16.4. The van der Waals surface area contributed by atoms with E-state index in [-0.39, 0.29) is 11.9 Å². The summed E-state index contributed by atoms with van der Waals surface area (Å²) in [4.78, 5) is 17.3. The lowest BCUT2D eigenvalue weighted by molar-refractivity contribution is -0.136. The zero-order valence-electron chi connectivity index (χ0n) is 16.4. The number of methoxy groups -OCH3 is 2. The fourth-order valence-electron chi connectivity index (χ4n) is 3.58. The Hall–Kier alpha value is -2.53. The van der Waals surface area contributed by atoms with Crippen molar-refractivity contribution in [2.45, 2.75) is 18.9 Å². The molecule has 144 valence electrons. The number of carbonyl (C=O) groups is 1. The molecular weight excluding hydrogens is 340 g/mol. The molecule has 2 aromatic rings. The molecule has 0 aromatic heterocycles. The highest BCUT2D eigenvalue weighted by Gasteiger charge is 2.29. The van der Waals surface area contributed by atoms with Gasteiger partial charge in [-0.1, -0.05) is 30.3 Å². The van der Waals surface area contributed by atoms with Gasteiger partial charge in [0, 0.05) is 32.1 Å². The lowest BCUT2D eigenvalue weighted by Gasteiger charge is -2.40. The largest absolute Gasteiger partial charge is 0.497 e. The van der Waals surface area contributed by atoms with Crippen LogP contribution >= 0.6 is 0 Å². The summed E-state index contributed by atoms with van der Waals surface area (Å²) in [5, 5.41) is 0. The Morgan fingerprint density at radius 2 is 1.70 bits per heavy atom. The fourth-order valence-corrected chi connectivity index (χ4v) is 3.58. The highest BCUT2D eigenvalue weighted by molar-refractivity contribution is 5.77. The molecule has 5 nitrogen and oxygen atoms in total. The number of hydrogen-bond donors (Lipinski definition) is 0. The second-order valence-electron chi connectivity index (χ2n) is 7.00. The van der Waals surface area contributed by atoms with Gasteiger partial charge in [-0.2, -0.15) is 0 Å². The average Bonchev–Trinajstić information content (AvgIpc) is 2.72. The first-order valence-electron chi connectivity index (χ1n) is 9.35. The average molecular weight is 368 g/mol. The normalized spacial score (nSPS) is 17.6. The first-order valence-corrected chi connectivity index (χ1v) is 9.35. The highest BCUT2D eigenvalue weighted by Crippen LogP contribution is 2.27. The molecule has 3 rings (SSSR count). The number of hydrogen-bond acceptors (Lipinski definition) is 4. The number of aryl methyl sites for hydroxylation is 1. The molecule has 0 unspecified atom stereocenters. The molecule has 0 bridgehead atoms. The van der Waals surface area contributed by atoms with Crippen molar-refractivity contribution in [2.75, 3.05) is 40.9 Å². The van der Waals surface area contributed by atoms with Crippen molar-refractivity contribution >= 4 is 5.91 Å². The SMILES string of the molecule is COc1cc(CCC(=O)N2CCN(C)C[C@@H]2c2ccccc2)cc(OC)c1. The summed E-state index contributed by atoms with van der Waals surface area (Å²) in [5.41, 5.74) is 2.24. The third-order valence-corrected chi connectivity index (χ3v) is 5.13. The van der Waals surface area contributed by atoms with Gasteiger partial charge in [-0.25, -0.2) is 0 Å². The summed E-state index contributed by atoms with van der Waals surface area (Å²) >= 11 is 0. The Bertz CT molecular complexity index is 741. The standard InChI is InChI=1S/C22H28N2O3/c1-23-11-12-24(21(16-23)18-7-5-4-6-8-18)22(25)10-9-17-13-19(26-2)15-20(14-17)27-3/h4-8,13-15,21H,9-12,16H2,1-3H3/t21-/m1/s1. The molecule has 0 spiro atoms. The van der Waals surface area contributed by atoms with Gasteiger partial charge >= 0.3 is 0 Å². The Labute approximate surface area is 161 Å². The molecule has 27 heavy (non-hydrogen) atoms. The van der Waals surface area contributed by atoms with Crippen LogP contribution < -0.4 is 9.47 Å². The van der Waals surface area contributed by atoms with Gasteiger partial charge in [0.1, 0.15) is 11.5 Å². The van der Waals surface area contributed by atoms with Crippen molar-refractivity contribution < 1.29 is 14.3 Å². The van der Waals surface area contributed by atoms with Crippen molar-refractivity contribution in [2.24, 2.45) is 0 Å². The maximum absolute atomic E-state index is 13.0. The van der Waals surface area contributed by atoms with Crippen LogP contribution in [-0.4, -0.2) is 56.6 Å². The van der Waals surface area contributed by atoms with Crippen LogP contribution in [0.4, 0.5) is 0 Å². The molecule has 1 amide bonds. The minimum Gasteiger partial charge on any atom is -0.497 e. The van der Waals surface area contributed by atoms with Crippen LogP contribution in [0.2, 0.25) is 0 Å². The summed E-state index contributed by atoms with van der Waals surface area (Å²) in [5.74, 6) is 1.69. The van der Waals surface area contributed by atoms with Crippen LogP contribution in [0.1, 0.15) is 23.6 Å². The number of ether oxygens (including phenoxy) is 2. The minimum absolute atomic E-state index is 0.109. The number of amides is 1. The fraction of sp³-hybridized carbons (Fsp3) is 0.409. The van der Waals surface area contributed by atoms with Crippen molar-refractivity contribution in [3.63, 3.8) is 0 Å². The van der Waals surface area contributed by atoms with Crippen LogP contribution in [0.15, 0.2) is 48.5 Å². The van der Waals surface area contributed by atoms with E-state index in [0.29, 0.717) is 12.8 Å². The quantitative estimate of drug-likeness (QED) is 0.786. The van der Waals surface area contributed by atoms with Gasteiger partial charge in [0.05, 0.1) is 20.3 Å². The van der Waals surface area contributed by atoms with E-state index >= 15 is 0 Å². The van der Waals surface area contributed by atoms with E-state index in [9.17, 15) is 4.79 Å². The Morgan fingerprint density at radius 3 is 2.33 bits per heavy atom. The maximum atomic E-state index is 13.0. The first kappa shape index (κ1) is 19.2. The molecule has 0 radical (unpaired) electrons. The van der Waals surface area contributed by atoms with Gasteiger partial charge < -0.3 is 19.3 Å². The lowest BCUT2D eigenvalue weighted by atomic mass is 10.0. The van der Waals surface area contributed by atoms with Gasteiger partial charge in [-0.05, 0) is 36.7 Å². The third kappa shape index (κ3) is 4.80. The molecule has 0 aliphatic carbocycles. The monoisotopic (exact) mass is 368 g/mol. The second-order valence-corrected chi connectivity index (χ2v) is 7.00. The van der Waals surface area contributed by atoms with E-state index in [1.807, 2.05) is 41.3 Å². The lowest BCUT2D eigenvalue weighted by Crippen LogP contribution is -2.49. The van der Waals surface area contributed by atoms with Gasteiger partial charge in [0.25, 0.3) is 0 Å². The molecular formula is C22H28N2O3. The number of nitrogens with zero attached hydrogens (tertiary/aromatic N) is 2. The molecule has 2 aromatic carbocycles. The first-order chi connectivity index (χ1) is 13.1. The molecule has 5 heteroatoms. The van der Waals surface area contributed by atoms with Crippen LogP contribution in [0.5, 0.6) is 11.5 Å². The smallest absolute Gasteiger partial charge is 0.223 e. The van der Waals surface area contributed by atoms with Crippen LogP contribution in [-0.2, 0) is 11.2 Å². The summed E-state index contributed by atoms with van der Waals surface area (Å²) < 4.78 is 10.7. The van der Waals surface area contributed by atoms with Crippen LogP contribution in [0.25, 0.3) is 0 Å². The van der Waals surface area contributed by atoms with E-state index in [4.69, 9.17) is 9.47 Å². The molecule has 0 N–H and O–H groups in total. The second kappa shape index (κ2) is 8.91. The number of piperazine rings is 1. The van der Waals surface area contributed by atoms with E-state index in [2.05, 4.69) is 24.1 Å². The predicted molar refractivity (Wildman–Crippen MR) is 106 cm³/mol. The number of carbonyl (C=O) groups excluding carboxylic acids is 1. The van der Waals surface area contributed by atoms with Crippen LogP contribution in [0, 0.1) is 0 Å². The predicted octanol–water partition coefficient (Wildman–Crippen LogP) is 3.15. The highest BCUT2D eigenvalue weighted by atomic mass is 16.5. The van der Waals surface area contributed by atoms with Gasteiger partial charge in [0.2, 0.25) is 5.91 Å². The Kier molecular flexibility index (Phi) is 6.35. The Morgan fingerprint density at radius 1 is 1.04 bits per heavy atom. The number of benzene rings is 2. The topological polar surface area (TPSA) is 42.0 Å². The third-order valence-electron chi connectivity index (χ3n) is 5.13.